The third-order valence-electron chi connectivity index (χ3n) is 5.26. The molecule has 0 spiro atoms. The summed E-state index contributed by atoms with van der Waals surface area (Å²) in [5.41, 5.74) is 7.18. The fraction of sp³-hybridized carbons (Fsp3) is 0.346. The number of rotatable bonds is 6. The van der Waals surface area contributed by atoms with E-state index >= 15 is 0 Å². The summed E-state index contributed by atoms with van der Waals surface area (Å²) in [7, 11) is 11.5. The van der Waals surface area contributed by atoms with Crippen LogP contribution in [-0.2, 0) is 20.2 Å². The third kappa shape index (κ3) is 7.55. The van der Waals surface area contributed by atoms with E-state index in [0.29, 0.717) is 11.8 Å². The van der Waals surface area contributed by atoms with Crippen LogP contribution in [0.5, 0.6) is 0 Å². The number of hydrogen-bond donors (Lipinski definition) is 0. The number of aliphatic imine (C=N–C) groups is 2. The Morgan fingerprint density at radius 2 is 1.24 bits per heavy atom. The van der Waals surface area contributed by atoms with E-state index in [-0.39, 0.29) is 13.1 Å². The molecule has 1 heterocycles. The Morgan fingerprint density at radius 3 is 1.70 bits per heavy atom. The molecule has 4 nitrogen and oxygen atoms in total. The molecule has 33 heavy (non-hydrogen) atoms. The normalized spacial score (nSPS) is 12.3. The number of nitrogens with zero attached hydrogens (tertiary/aromatic N) is 4. The van der Waals surface area contributed by atoms with Gasteiger partial charge in [0.15, 0.2) is 5.82 Å². The first-order valence-electron chi connectivity index (χ1n) is 10.9. The molecule has 0 atom stereocenters. The quantitative estimate of drug-likeness (QED) is 0.235. The van der Waals surface area contributed by atoms with E-state index in [1.165, 1.54) is 11.1 Å². The van der Waals surface area contributed by atoms with Crippen molar-refractivity contribution in [2.75, 3.05) is 0 Å². The van der Waals surface area contributed by atoms with Crippen molar-refractivity contribution in [2.24, 2.45) is 17.0 Å². The molecule has 0 N–H and O–H groups in total. The van der Waals surface area contributed by atoms with Crippen LogP contribution in [-0.4, -0.2) is 21.0 Å². The summed E-state index contributed by atoms with van der Waals surface area (Å²) in [6.45, 7) is 12.8. The number of imidazole rings is 1. The van der Waals surface area contributed by atoms with Crippen molar-refractivity contribution in [3.05, 3.63) is 77.4 Å². The molecule has 7 heteroatoms. The zero-order chi connectivity index (χ0) is 24.5. The molecule has 178 valence electrons. The van der Waals surface area contributed by atoms with Crippen LogP contribution in [0.25, 0.3) is 0 Å². The van der Waals surface area contributed by atoms with Crippen LogP contribution < -0.4 is 0 Å². The zero-order valence-electron chi connectivity index (χ0n) is 20.2. The molecular formula is C26H32Cl2FeN4. The zero-order valence-corrected chi connectivity index (χ0v) is 22.9. The summed E-state index contributed by atoms with van der Waals surface area (Å²) in [6, 6.07) is 16.6. The third-order valence-corrected chi connectivity index (χ3v) is 5.26. The van der Waals surface area contributed by atoms with E-state index in [0.717, 1.165) is 34.3 Å². The Balaban J connectivity index is 0.00000122. The van der Waals surface area contributed by atoms with Gasteiger partial charge >= 0.3 is 33.3 Å². The molecule has 0 fully saturated rings. The molecule has 0 radical (unpaired) electrons. The van der Waals surface area contributed by atoms with Crippen molar-refractivity contribution >= 4 is 43.0 Å². The van der Waals surface area contributed by atoms with Crippen LogP contribution in [0, 0.1) is 0 Å². The first-order valence-corrected chi connectivity index (χ1v) is 13.9. The van der Waals surface area contributed by atoms with Gasteiger partial charge in [-0.2, -0.15) is 0 Å². The Bertz CT molecular complexity index is 1120. The van der Waals surface area contributed by atoms with E-state index in [1.807, 2.05) is 43.8 Å². The van der Waals surface area contributed by atoms with E-state index in [9.17, 15) is 0 Å². The van der Waals surface area contributed by atoms with Crippen molar-refractivity contribution < 1.29 is 13.1 Å². The number of para-hydroxylation sites is 2. The summed E-state index contributed by atoms with van der Waals surface area (Å²) < 4.78 is 2.03. The Kier molecular flexibility index (Phi) is 10.8. The fourth-order valence-electron chi connectivity index (χ4n) is 3.60. The molecule has 3 aromatic rings. The average Bonchev–Trinajstić information content (AvgIpc) is 3.16. The van der Waals surface area contributed by atoms with E-state index < -0.39 is 0 Å². The SMILES string of the molecule is CC(=Nc1ccccc1C(C)C)c1cn(C)c(C(C)=Nc2ccccc2C(C)C)n1.[Cl][Fe][Cl]. The van der Waals surface area contributed by atoms with Gasteiger partial charge in [-0.05, 0) is 48.9 Å². The van der Waals surface area contributed by atoms with Crippen LogP contribution in [0.2, 0.25) is 0 Å². The second-order valence-electron chi connectivity index (χ2n) is 8.43. The average molecular weight is 527 g/mol. The molecule has 3 rings (SSSR count). The van der Waals surface area contributed by atoms with Crippen molar-refractivity contribution in [2.45, 2.75) is 53.4 Å². The molecule has 1 aromatic heterocycles. The van der Waals surface area contributed by atoms with Crippen molar-refractivity contribution in [3.63, 3.8) is 0 Å². The molecule has 0 bridgehead atoms. The van der Waals surface area contributed by atoms with Gasteiger partial charge in [-0.15, -0.1) is 0 Å². The monoisotopic (exact) mass is 526 g/mol. The first-order chi connectivity index (χ1) is 15.7. The van der Waals surface area contributed by atoms with Gasteiger partial charge in [0.05, 0.1) is 22.8 Å². The molecule has 0 saturated heterocycles. The molecule has 0 saturated carbocycles. The summed E-state index contributed by atoms with van der Waals surface area (Å²) >= 11 is 0.194. The number of hydrogen-bond acceptors (Lipinski definition) is 3. The van der Waals surface area contributed by atoms with Gasteiger partial charge in [-0.1, -0.05) is 64.1 Å². The second kappa shape index (κ2) is 13.1. The minimum atomic E-state index is 0.194. The van der Waals surface area contributed by atoms with Crippen molar-refractivity contribution in [3.8, 4) is 0 Å². The number of aryl methyl sites for hydroxylation is 1. The molecule has 0 unspecified atom stereocenters. The molecule has 0 amide bonds. The summed E-state index contributed by atoms with van der Waals surface area (Å²) in [5.74, 6) is 1.70. The van der Waals surface area contributed by atoms with Crippen LogP contribution in [0.15, 0.2) is 64.7 Å². The molecule has 0 aliphatic carbocycles. The van der Waals surface area contributed by atoms with Crippen LogP contribution in [0.4, 0.5) is 11.4 Å². The minimum absolute atomic E-state index is 0.194. The van der Waals surface area contributed by atoms with Crippen LogP contribution in [0.3, 0.4) is 0 Å². The Morgan fingerprint density at radius 1 is 0.818 bits per heavy atom. The predicted molar refractivity (Wildman–Crippen MR) is 140 cm³/mol. The van der Waals surface area contributed by atoms with Gasteiger partial charge < -0.3 is 4.57 Å². The van der Waals surface area contributed by atoms with Crippen molar-refractivity contribution in [1.29, 1.82) is 0 Å². The topological polar surface area (TPSA) is 42.5 Å². The molecule has 0 aliphatic heterocycles. The number of benzene rings is 2. The van der Waals surface area contributed by atoms with E-state index in [1.54, 1.807) is 0 Å². The number of halogens is 2. The van der Waals surface area contributed by atoms with Crippen LogP contribution in [0.1, 0.15) is 76.0 Å². The summed E-state index contributed by atoms with van der Waals surface area (Å²) in [6.07, 6.45) is 2.03. The van der Waals surface area contributed by atoms with Gasteiger partial charge in [-0.3, -0.25) is 4.99 Å². The standard InChI is InChI=1S/C26H32N4.2ClH.Fe/c1-17(2)21-12-8-10-14-23(21)27-19(5)25-16-30(7)26(29-25)20(6)28-24-15-11-9-13-22(24)18(3)4;;;/h8-18H,1-7H3;2*1H;/q;;;+2/p-2. The molecular weight excluding hydrogens is 495 g/mol. The predicted octanol–water partition coefficient (Wildman–Crippen LogP) is 8.32. The van der Waals surface area contributed by atoms with Crippen molar-refractivity contribution in [1.82, 2.24) is 9.55 Å². The van der Waals surface area contributed by atoms with Gasteiger partial charge in [-0.25, -0.2) is 9.98 Å². The molecule has 0 aliphatic rings. The van der Waals surface area contributed by atoms with E-state index in [2.05, 4.69) is 64.1 Å². The maximum absolute atomic E-state index is 4.90. The first kappa shape index (κ1) is 27.3. The van der Waals surface area contributed by atoms with Gasteiger partial charge in [0.1, 0.15) is 5.69 Å². The second-order valence-corrected chi connectivity index (χ2v) is 10.3. The van der Waals surface area contributed by atoms with Gasteiger partial charge in [0.25, 0.3) is 0 Å². The maximum atomic E-state index is 4.90. The Labute approximate surface area is 212 Å². The van der Waals surface area contributed by atoms with Crippen LogP contribution >= 0.6 is 20.2 Å². The van der Waals surface area contributed by atoms with E-state index in [4.69, 9.17) is 35.2 Å². The summed E-state index contributed by atoms with van der Waals surface area (Å²) in [5, 5.41) is 0. The Hall–Kier alpha value is -1.91. The van der Waals surface area contributed by atoms with Gasteiger partial charge in [0.2, 0.25) is 0 Å². The fourth-order valence-corrected chi connectivity index (χ4v) is 3.60. The number of aromatic nitrogens is 2. The molecule has 2 aromatic carbocycles. The summed E-state index contributed by atoms with van der Waals surface area (Å²) in [4.78, 5) is 14.6. The van der Waals surface area contributed by atoms with Gasteiger partial charge in [0, 0.05) is 13.2 Å².